The normalized spacial score (nSPS) is 15.0. The van der Waals surface area contributed by atoms with E-state index in [1.807, 2.05) is 4.90 Å². The second kappa shape index (κ2) is 10.6. The van der Waals surface area contributed by atoms with E-state index in [9.17, 15) is 24.3 Å². The minimum atomic E-state index is -1.09. The van der Waals surface area contributed by atoms with E-state index in [-0.39, 0.29) is 30.0 Å². The number of benzene rings is 1. The molecule has 2 aromatic heterocycles. The van der Waals surface area contributed by atoms with Gasteiger partial charge in [-0.2, -0.15) is 0 Å². The zero-order valence-corrected chi connectivity index (χ0v) is 20.0. The van der Waals surface area contributed by atoms with Gasteiger partial charge in [-0.1, -0.05) is 0 Å². The third-order valence-corrected chi connectivity index (χ3v) is 6.31. The number of nitrogens with zero attached hydrogens (tertiary/aromatic N) is 2. The Morgan fingerprint density at radius 1 is 1.17 bits per heavy atom. The number of esters is 1. The average Bonchev–Trinajstić information content (AvgIpc) is 2.89. The Labute approximate surface area is 205 Å². The molecule has 0 unspecified atom stereocenters. The number of aromatic nitrogens is 1. The Hall–Kier alpha value is -4.12. The molecule has 0 bridgehead atoms. The van der Waals surface area contributed by atoms with E-state index in [0.717, 1.165) is 6.41 Å². The van der Waals surface area contributed by atoms with Gasteiger partial charge >= 0.3 is 5.97 Å². The molecular weight excluding hydrogens is 470 g/mol. The summed E-state index contributed by atoms with van der Waals surface area (Å²) in [5.41, 5.74) is -0.517. The Morgan fingerprint density at radius 3 is 2.58 bits per heavy atom. The van der Waals surface area contributed by atoms with Gasteiger partial charge in [-0.3, -0.25) is 24.1 Å². The van der Waals surface area contributed by atoms with Crippen LogP contribution in [0.1, 0.15) is 29.4 Å². The molecule has 3 aromatic rings. The van der Waals surface area contributed by atoms with E-state index in [4.69, 9.17) is 13.9 Å². The van der Waals surface area contributed by atoms with Gasteiger partial charge in [0.05, 0.1) is 33.1 Å². The fraction of sp³-hybridized carbons (Fsp3) is 0.360. The molecule has 4 rings (SSSR count). The maximum absolute atomic E-state index is 13.0. The summed E-state index contributed by atoms with van der Waals surface area (Å²) in [5.74, 6) is -1.78. The number of carbonyl (C=O) groups is 2. The molecule has 11 nitrogen and oxygen atoms in total. The summed E-state index contributed by atoms with van der Waals surface area (Å²) in [7, 11) is 2.73. The number of nitrogens with one attached hydrogen (secondary N) is 1. The molecule has 36 heavy (non-hydrogen) atoms. The van der Waals surface area contributed by atoms with E-state index >= 15 is 0 Å². The van der Waals surface area contributed by atoms with Gasteiger partial charge in [-0.25, -0.2) is 0 Å². The zero-order valence-electron chi connectivity index (χ0n) is 20.0. The van der Waals surface area contributed by atoms with Crippen LogP contribution in [0.2, 0.25) is 0 Å². The lowest BCUT2D eigenvalue weighted by Crippen LogP contribution is -2.45. The van der Waals surface area contributed by atoms with Gasteiger partial charge in [0.25, 0.3) is 5.56 Å². The lowest BCUT2D eigenvalue weighted by molar-refractivity contribution is -0.141. The first-order valence-electron chi connectivity index (χ1n) is 11.4. The van der Waals surface area contributed by atoms with Crippen molar-refractivity contribution in [2.45, 2.75) is 18.9 Å². The third-order valence-electron chi connectivity index (χ3n) is 6.31. The Kier molecular flexibility index (Phi) is 7.39. The maximum Gasteiger partial charge on any atom is 0.306 e. The Balaban J connectivity index is 1.77. The number of hydrogen-bond acceptors (Lipinski definition) is 9. The van der Waals surface area contributed by atoms with Crippen LogP contribution >= 0.6 is 0 Å². The van der Waals surface area contributed by atoms with Crippen molar-refractivity contribution >= 4 is 23.3 Å². The number of H-pyrrole nitrogens is 1. The molecule has 11 heteroatoms. The molecule has 0 radical (unpaired) electrons. The summed E-state index contributed by atoms with van der Waals surface area (Å²) >= 11 is 0. The molecule has 1 saturated heterocycles. The van der Waals surface area contributed by atoms with E-state index < -0.39 is 28.6 Å². The number of hydrogen-bond donors (Lipinski definition) is 2. The number of aromatic amines is 1. The van der Waals surface area contributed by atoms with Crippen molar-refractivity contribution in [1.29, 1.82) is 0 Å². The molecule has 1 fully saturated rings. The number of aromatic hydroxyl groups is 1. The number of amides is 1. The van der Waals surface area contributed by atoms with Gasteiger partial charge in [-0.05, 0) is 24.3 Å². The zero-order chi connectivity index (χ0) is 25.8. The summed E-state index contributed by atoms with van der Waals surface area (Å²) in [6.07, 6.45) is 0.456. The minimum absolute atomic E-state index is 0.122. The predicted molar refractivity (Wildman–Crippen MR) is 129 cm³/mol. The van der Waals surface area contributed by atoms with E-state index in [2.05, 4.69) is 4.98 Å². The highest BCUT2D eigenvalue weighted by Gasteiger charge is 2.29. The van der Waals surface area contributed by atoms with Crippen LogP contribution in [0, 0.1) is 0 Å². The van der Waals surface area contributed by atoms with Gasteiger partial charge in [0.15, 0.2) is 5.76 Å². The van der Waals surface area contributed by atoms with Gasteiger partial charge in [-0.15, -0.1) is 0 Å². The summed E-state index contributed by atoms with van der Waals surface area (Å²) in [6, 6.07) is 7.88. The Bertz CT molecular complexity index is 1390. The Morgan fingerprint density at radius 2 is 1.92 bits per heavy atom. The smallest absolute Gasteiger partial charge is 0.306 e. The van der Waals surface area contributed by atoms with E-state index in [0.29, 0.717) is 42.8 Å². The highest BCUT2D eigenvalue weighted by Crippen LogP contribution is 2.33. The number of ether oxygens (including phenoxy) is 2. The quantitative estimate of drug-likeness (QED) is 0.346. The number of methoxy groups -OCH3 is 2. The minimum Gasteiger partial charge on any atom is -0.502 e. The molecule has 0 aliphatic carbocycles. The number of carbonyl (C=O) groups excluding carboxylic acids is 2. The fourth-order valence-electron chi connectivity index (χ4n) is 4.30. The standard InChI is InChI=1S/C25H27N3O8/c1-34-16-3-4-20-15(9-16)10-19(25(33)26-20)18(12-22(31)35-2)24-23(32)21(30)11-17(36-24)13-27-5-7-28(14-29)8-6-27/h3-4,9-11,14,18,32H,5-8,12-13H2,1-2H3,(H,26,33)/t18-/m1/s1. The van der Waals surface area contributed by atoms with Crippen molar-refractivity contribution in [3.05, 3.63) is 68.0 Å². The maximum atomic E-state index is 13.0. The van der Waals surface area contributed by atoms with Crippen molar-refractivity contribution in [3.63, 3.8) is 0 Å². The van der Waals surface area contributed by atoms with Crippen molar-refractivity contribution in [1.82, 2.24) is 14.8 Å². The molecule has 1 amide bonds. The van der Waals surface area contributed by atoms with Crippen LogP contribution in [-0.2, 0) is 20.9 Å². The van der Waals surface area contributed by atoms with Crippen LogP contribution < -0.4 is 15.7 Å². The first kappa shape index (κ1) is 25.0. The van der Waals surface area contributed by atoms with Crippen LogP contribution in [-0.4, -0.2) is 72.7 Å². The fourth-order valence-corrected chi connectivity index (χ4v) is 4.30. The van der Waals surface area contributed by atoms with Crippen LogP contribution in [0.25, 0.3) is 10.9 Å². The molecule has 1 atom stereocenters. The monoisotopic (exact) mass is 497 g/mol. The summed E-state index contributed by atoms with van der Waals surface area (Å²) < 4.78 is 16.0. The van der Waals surface area contributed by atoms with Gasteiger partial charge < -0.3 is 28.9 Å². The highest BCUT2D eigenvalue weighted by molar-refractivity contribution is 5.81. The van der Waals surface area contributed by atoms with Crippen LogP contribution in [0.4, 0.5) is 0 Å². The topological polar surface area (TPSA) is 142 Å². The number of fused-ring (bicyclic) bond motifs is 1. The van der Waals surface area contributed by atoms with Gasteiger partial charge in [0.1, 0.15) is 11.5 Å². The van der Waals surface area contributed by atoms with Crippen LogP contribution in [0.3, 0.4) is 0 Å². The number of rotatable bonds is 8. The lowest BCUT2D eigenvalue weighted by Gasteiger charge is -2.32. The first-order valence-corrected chi connectivity index (χ1v) is 11.4. The lowest BCUT2D eigenvalue weighted by atomic mass is 9.92. The predicted octanol–water partition coefficient (Wildman–Crippen LogP) is 1.16. The van der Waals surface area contributed by atoms with Crippen molar-refractivity contribution in [2.75, 3.05) is 40.4 Å². The molecule has 0 spiro atoms. The number of piperazine rings is 1. The summed E-state index contributed by atoms with van der Waals surface area (Å²) in [5, 5.41) is 11.3. The number of pyridine rings is 1. The molecule has 1 aliphatic heterocycles. The van der Waals surface area contributed by atoms with E-state index in [1.165, 1.54) is 20.3 Å². The van der Waals surface area contributed by atoms with Gasteiger partial charge in [0.2, 0.25) is 17.6 Å². The second-order valence-electron chi connectivity index (χ2n) is 8.55. The highest BCUT2D eigenvalue weighted by atomic mass is 16.5. The van der Waals surface area contributed by atoms with E-state index in [1.54, 1.807) is 29.2 Å². The SMILES string of the molecule is COC(=O)C[C@@H](c1oc(CN2CCN(C=O)CC2)cc(=O)c1O)c1cc2cc(OC)ccc2[nH]c1=O. The van der Waals surface area contributed by atoms with Gasteiger partial charge in [0, 0.05) is 48.7 Å². The molecule has 2 N–H and O–H groups in total. The molecule has 1 aliphatic rings. The first-order chi connectivity index (χ1) is 17.3. The molecule has 0 saturated carbocycles. The largest absolute Gasteiger partial charge is 0.502 e. The molecular formula is C25H27N3O8. The third kappa shape index (κ3) is 5.25. The average molecular weight is 498 g/mol. The molecule has 1 aromatic carbocycles. The summed E-state index contributed by atoms with van der Waals surface area (Å²) in [4.78, 5) is 55.4. The van der Waals surface area contributed by atoms with Crippen molar-refractivity contribution < 1.29 is 28.6 Å². The molecule has 3 heterocycles. The van der Waals surface area contributed by atoms with Crippen molar-refractivity contribution in [3.8, 4) is 11.5 Å². The van der Waals surface area contributed by atoms with Crippen LogP contribution in [0.5, 0.6) is 11.5 Å². The summed E-state index contributed by atoms with van der Waals surface area (Å²) in [6.45, 7) is 2.50. The van der Waals surface area contributed by atoms with Crippen molar-refractivity contribution in [2.24, 2.45) is 0 Å². The molecule has 190 valence electrons. The van der Waals surface area contributed by atoms with Crippen LogP contribution in [0.15, 0.2) is 44.3 Å². The second-order valence-corrected chi connectivity index (χ2v) is 8.55.